The zero-order valence-electron chi connectivity index (χ0n) is 7.45. The van der Waals surface area contributed by atoms with Crippen LogP contribution in [0.2, 0.25) is 0 Å². The van der Waals surface area contributed by atoms with Crippen molar-refractivity contribution < 1.29 is 14.6 Å². The molecule has 3 heteroatoms. The topological polar surface area (TPSA) is 46.5 Å². The molecule has 2 atom stereocenters. The number of rotatable bonds is 2. The van der Waals surface area contributed by atoms with E-state index in [4.69, 9.17) is 5.11 Å². The van der Waals surface area contributed by atoms with E-state index in [0.717, 1.165) is 25.7 Å². The summed E-state index contributed by atoms with van der Waals surface area (Å²) in [6.07, 6.45) is 3.79. The third-order valence-electron chi connectivity index (χ3n) is 2.58. The molecule has 0 aromatic rings. The van der Waals surface area contributed by atoms with Gasteiger partial charge in [0, 0.05) is 6.61 Å². The van der Waals surface area contributed by atoms with Crippen LogP contribution >= 0.6 is 0 Å². The Hall–Kier alpha value is -0.570. The van der Waals surface area contributed by atoms with Gasteiger partial charge in [0.2, 0.25) is 0 Å². The molecule has 1 aliphatic rings. The van der Waals surface area contributed by atoms with Gasteiger partial charge in [-0.25, -0.2) is 0 Å². The zero-order valence-corrected chi connectivity index (χ0v) is 7.45. The van der Waals surface area contributed by atoms with Crippen LogP contribution < -0.4 is 0 Å². The molecule has 1 rings (SSSR count). The minimum absolute atomic E-state index is 0.0286. The predicted octanol–water partition coefficient (Wildman–Crippen LogP) is 0.958. The van der Waals surface area contributed by atoms with Crippen LogP contribution in [0, 0.1) is 11.8 Å². The molecular weight excluding hydrogens is 156 g/mol. The molecule has 12 heavy (non-hydrogen) atoms. The maximum Gasteiger partial charge on any atom is 0.308 e. The number of esters is 1. The monoisotopic (exact) mass is 172 g/mol. The molecule has 0 saturated heterocycles. The van der Waals surface area contributed by atoms with Crippen LogP contribution in [-0.4, -0.2) is 24.8 Å². The molecule has 1 aliphatic carbocycles. The molecule has 0 radical (unpaired) electrons. The average Bonchev–Trinajstić information content (AvgIpc) is 2.17. The first-order chi connectivity index (χ1) is 5.77. The molecular formula is C9H16O3. The first-order valence-electron chi connectivity index (χ1n) is 4.46. The van der Waals surface area contributed by atoms with Gasteiger partial charge >= 0.3 is 5.97 Å². The molecule has 0 spiro atoms. The van der Waals surface area contributed by atoms with Crippen LogP contribution in [0.15, 0.2) is 0 Å². The van der Waals surface area contributed by atoms with Gasteiger partial charge in [-0.05, 0) is 25.2 Å². The van der Waals surface area contributed by atoms with E-state index in [1.165, 1.54) is 7.11 Å². The smallest absolute Gasteiger partial charge is 0.308 e. The maximum absolute atomic E-state index is 11.1. The summed E-state index contributed by atoms with van der Waals surface area (Å²) in [5.41, 5.74) is 0. The van der Waals surface area contributed by atoms with Gasteiger partial charge in [-0.1, -0.05) is 6.42 Å². The highest BCUT2D eigenvalue weighted by Gasteiger charge is 2.27. The van der Waals surface area contributed by atoms with E-state index in [1.54, 1.807) is 0 Å². The second-order valence-electron chi connectivity index (χ2n) is 3.44. The fourth-order valence-electron chi connectivity index (χ4n) is 1.84. The Labute approximate surface area is 72.7 Å². The number of hydrogen-bond donors (Lipinski definition) is 1. The van der Waals surface area contributed by atoms with E-state index in [9.17, 15) is 4.79 Å². The lowest BCUT2D eigenvalue weighted by Crippen LogP contribution is -2.25. The Kier molecular flexibility index (Phi) is 3.53. The molecule has 3 nitrogen and oxygen atoms in total. The van der Waals surface area contributed by atoms with Gasteiger partial charge in [-0.3, -0.25) is 4.79 Å². The van der Waals surface area contributed by atoms with Crippen molar-refractivity contribution in [1.82, 2.24) is 0 Å². The third-order valence-corrected chi connectivity index (χ3v) is 2.58. The fraction of sp³-hybridized carbons (Fsp3) is 0.889. The number of aliphatic hydroxyl groups excluding tert-OH is 1. The highest BCUT2D eigenvalue weighted by atomic mass is 16.5. The summed E-state index contributed by atoms with van der Waals surface area (Å²) in [5.74, 6) is 0.219. The largest absolute Gasteiger partial charge is 0.469 e. The highest BCUT2D eigenvalue weighted by Crippen LogP contribution is 2.29. The quantitative estimate of drug-likeness (QED) is 0.631. The Morgan fingerprint density at radius 1 is 1.58 bits per heavy atom. The standard InChI is InChI=1S/C9H16O3/c1-12-9(11)8-4-2-3-7(5-8)6-10/h7-8,10H,2-6H2,1H3/t7-,8+/m1/s1. The summed E-state index contributed by atoms with van der Waals surface area (Å²) in [5, 5.41) is 8.91. The molecule has 1 N–H and O–H groups in total. The normalized spacial score (nSPS) is 29.8. The molecule has 70 valence electrons. The van der Waals surface area contributed by atoms with Gasteiger partial charge in [-0.2, -0.15) is 0 Å². The fourth-order valence-corrected chi connectivity index (χ4v) is 1.84. The van der Waals surface area contributed by atoms with Crippen LogP contribution in [0.25, 0.3) is 0 Å². The Balaban J connectivity index is 2.40. The van der Waals surface area contributed by atoms with Crippen LogP contribution in [0.1, 0.15) is 25.7 Å². The first-order valence-corrected chi connectivity index (χ1v) is 4.46. The summed E-state index contributed by atoms with van der Waals surface area (Å²) in [6, 6.07) is 0. The van der Waals surface area contributed by atoms with Crippen molar-refractivity contribution in [3.05, 3.63) is 0 Å². The minimum Gasteiger partial charge on any atom is -0.469 e. The zero-order chi connectivity index (χ0) is 8.97. The molecule has 0 aromatic heterocycles. The van der Waals surface area contributed by atoms with Crippen molar-refractivity contribution in [2.75, 3.05) is 13.7 Å². The van der Waals surface area contributed by atoms with Crippen molar-refractivity contribution in [2.24, 2.45) is 11.8 Å². The van der Waals surface area contributed by atoms with E-state index in [2.05, 4.69) is 4.74 Å². The number of hydrogen-bond acceptors (Lipinski definition) is 3. The van der Waals surface area contributed by atoms with E-state index >= 15 is 0 Å². The van der Waals surface area contributed by atoms with Crippen LogP contribution in [0.3, 0.4) is 0 Å². The van der Waals surface area contributed by atoms with Gasteiger partial charge in [0.15, 0.2) is 0 Å². The van der Waals surface area contributed by atoms with Crippen LogP contribution in [0.4, 0.5) is 0 Å². The van der Waals surface area contributed by atoms with E-state index < -0.39 is 0 Å². The lowest BCUT2D eigenvalue weighted by molar-refractivity contribution is -0.147. The highest BCUT2D eigenvalue weighted by molar-refractivity contribution is 5.72. The lowest BCUT2D eigenvalue weighted by atomic mass is 9.82. The van der Waals surface area contributed by atoms with Crippen molar-refractivity contribution >= 4 is 5.97 Å². The van der Waals surface area contributed by atoms with Gasteiger partial charge in [-0.15, -0.1) is 0 Å². The SMILES string of the molecule is COC(=O)[C@H]1CCC[C@@H](CO)C1. The van der Waals surface area contributed by atoms with E-state index in [-0.39, 0.29) is 18.5 Å². The maximum atomic E-state index is 11.1. The summed E-state index contributed by atoms with van der Waals surface area (Å²) < 4.78 is 4.66. The second kappa shape index (κ2) is 4.45. The number of aliphatic hydroxyl groups is 1. The Morgan fingerprint density at radius 2 is 2.33 bits per heavy atom. The lowest BCUT2D eigenvalue weighted by Gasteiger charge is -2.25. The third kappa shape index (κ3) is 2.21. The molecule has 0 amide bonds. The Morgan fingerprint density at radius 3 is 2.92 bits per heavy atom. The predicted molar refractivity (Wildman–Crippen MR) is 44.5 cm³/mol. The van der Waals surface area contributed by atoms with E-state index in [0.29, 0.717) is 5.92 Å². The van der Waals surface area contributed by atoms with Crippen molar-refractivity contribution in [3.63, 3.8) is 0 Å². The van der Waals surface area contributed by atoms with Gasteiger partial charge in [0.1, 0.15) is 0 Å². The van der Waals surface area contributed by atoms with Crippen molar-refractivity contribution in [1.29, 1.82) is 0 Å². The molecule has 0 heterocycles. The number of carbonyl (C=O) groups excluding carboxylic acids is 1. The number of carbonyl (C=O) groups is 1. The molecule has 0 bridgehead atoms. The first kappa shape index (κ1) is 9.52. The number of methoxy groups -OCH3 is 1. The number of ether oxygens (including phenoxy) is 1. The Bertz CT molecular complexity index is 156. The summed E-state index contributed by atoms with van der Waals surface area (Å²) in [7, 11) is 1.42. The summed E-state index contributed by atoms with van der Waals surface area (Å²) in [4.78, 5) is 11.1. The average molecular weight is 172 g/mol. The van der Waals surface area contributed by atoms with Crippen molar-refractivity contribution in [2.45, 2.75) is 25.7 Å². The van der Waals surface area contributed by atoms with Crippen LogP contribution in [0.5, 0.6) is 0 Å². The van der Waals surface area contributed by atoms with Crippen molar-refractivity contribution in [3.8, 4) is 0 Å². The van der Waals surface area contributed by atoms with Crippen LogP contribution in [-0.2, 0) is 9.53 Å². The molecule has 1 fully saturated rings. The second-order valence-corrected chi connectivity index (χ2v) is 3.44. The van der Waals surface area contributed by atoms with Gasteiger partial charge in [0.25, 0.3) is 0 Å². The molecule has 1 saturated carbocycles. The summed E-state index contributed by atoms with van der Waals surface area (Å²) in [6.45, 7) is 0.202. The summed E-state index contributed by atoms with van der Waals surface area (Å²) >= 11 is 0. The van der Waals surface area contributed by atoms with Gasteiger partial charge < -0.3 is 9.84 Å². The van der Waals surface area contributed by atoms with E-state index in [1.807, 2.05) is 0 Å². The molecule has 0 aromatic carbocycles. The van der Waals surface area contributed by atoms with Gasteiger partial charge in [0.05, 0.1) is 13.0 Å². The molecule has 0 unspecified atom stereocenters. The minimum atomic E-state index is -0.117. The molecule has 0 aliphatic heterocycles.